The second-order valence-corrected chi connectivity index (χ2v) is 5.11. The lowest BCUT2D eigenvalue weighted by molar-refractivity contribution is -0.123. The standard InChI is InChI=1S/C14H21NO2/c1-6-17-11-7-8-12(10(2)9-11)15-13(16)14(3,4)5/h7-9H,6H2,1-5H3,(H,15,16). The van der Waals surface area contributed by atoms with Gasteiger partial charge < -0.3 is 10.1 Å². The van der Waals surface area contributed by atoms with Crippen LogP contribution in [0.2, 0.25) is 0 Å². The van der Waals surface area contributed by atoms with E-state index in [1.54, 1.807) is 0 Å². The zero-order chi connectivity index (χ0) is 13.1. The first-order chi connectivity index (χ1) is 7.84. The van der Waals surface area contributed by atoms with Gasteiger partial charge in [-0.2, -0.15) is 0 Å². The Labute approximate surface area is 103 Å². The van der Waals surface area contributed by atoms with Crippen LogP contribution in [0.15, 0.2) is 18.2 Å². The number of carbonyl (C=O) groups is 1. The monoisotopic (exact) mass is 235 g/mol. The van der Waals surface area contributed by atoms with Gasteiger partial charge in [0.25, 0.3) is 0 Å². The van der Waals surface area contributed by atoms with E-state index in [4.69, 9.17) is 4.74 Å². The van der Waals surface area contributed by atoms with Crippen molar-refractivity contribution in [2.75, 3.05) is 11.9 Å². The minimum absolute atomic E-state index is 0.0183. The van der Waals surface area contributed by atoms with Gasteiger partial charge in [0.15, 0.2) is 0 Å². The van der Waals surface area contributed by atoms with Crippen molar-refractivity contribution in [2.24, 2.45) is 5.41 Å². The molecule has 3 nitrogen and oxygen atoms in total. The van der Waals surface area contributed by atoms with Crippen molar-refractivity contribution >= 4 is 11.6 Å². The molecule has 94 valence electrons. The number of ether oxygens (including phenoxy) is 1. The minimum Gasteiger partial charge on any atom is -0.494 e. The Morgan fingerprint density at radius 1 is 1.35 bits per heavy atom. The average Bonchev–Trinajstić information content (AvgIpc) is 2.21. The largest absolute Gasteiger partial charge is 0.494 e. The summed E-state index contributed by atoms with van der Waals surface area (Å²) < 4.78 is 5.40. The number of rotatable bonds is 3. The highest BCUT2D eigenvalue weighted by atomic mass is 16.5. The van der Waals surface area contributed by atoms with Gasteiger partial charge >= 0.3 is 0 Å². The Kier molecular flexibility index (Phi) is 4.16. The van der Waals surface area contributed by atoms with Crippen LogP contribution in [0, 0.1) is 12.3 Å². The minimum atomic E-state index is -0.384. The summed E-state index contributed by atoms with van der Waals surface area (Å²) in [5.74, 6) is 0.850. The third kappa shape index (κ3) is 3.77. The number of carbonyl (C=O) groups excluding carboxylic acids is 1. The maximum atomic E-state index is 11.9. The number of hydrogen-bond donors (Lipinski definition) is 1. The van der Waals surface area contributed by atoms with Crippen molar-refractivity contribution < 1.29 is 9.53 Å². The summed E-state index contributed by atoms with van der Waals surface area (Å²) in [4.78, 5) is 11.9. The molecule has 0 aliphatic heterocycles. The van der Waals surface area contributed by atoms with Crippen molar-refractivity contribution in [3.8, 4) is 5.75 Å². The van der Waals surface area contributed by atoms with Crippen LogP contribution in [0.3, 0.4) is 0 Å². The Morgan fingerprint density at radius 3 is 2.47 bits per heavy atom. The van der Waals surface area contributed by atoms with E-state index < -0.39 is 0 Å². The van der Waals surface area contributed by atoms with Gasteiger partial charge in [-0.3, -0.25) is 4.79 Å². The maximum absolute atomic E-state index is 11.9. The van der Waals surface area contributed by atoms with Crippen LogP contribution in [0.5, 0.6) is 5.75 Å². The lowest BCUT2D eigenvalue weighted by Gasteiger charge is -2.19. The summed E-state index contributed by atoms with van der Waals surface area (Å²) in [6.45, 7) is 10.2. The topological polar surface area (TPSA) is 38.3 Å². The van der Waals surface area contributed by atoms with Crippen LogP contribution >= 0.6 is 0 Å². The second kappa shape index (κ2) is 5.21. The highest BCUT2D eigenvalue weighted by Crippen LogP contribution is 2.23. The molecule has 0 unspecified atom stereocenters. The number of hydrogen-bond acceptors (Lipinski definition) is 2. The molecule has 1 rings (SSSR count). The molecule has 0 saturated carbocycles. The molecule has 0 aromatic heterocycles. The first-order valence-corrected chi connectivity index (χ1v) is 5.89. The highest BCUT2D eigenvalue weighted by molar-refractivity contribution is 5.95. The fourth-order valence-electron chi connectivity index (χ4n) is 1.34. The molecule has 0 atom stereocenters. The van der Waals surface area contributed by atoms with Gasteiger partial charge in [0.2, 0.25) is 5.91 Å². The molecule has 1 aromatic carbocycles. The lowest BCUT2D eigenvalue weighted by Crippen LogP contribution is -2.27. The van der Waals surface area contributed by atoms with Crippen molar-refractivity contribution in [3.05, 3.63) is 23.8 Å². The smallest absolute Gasteiger partial charge is 0.229 e. The van der Waals surface area contributed by atoms with E-state index in [1.165, 1.54) is 0 Å². The van der Waals surface area contributed by atoms with Crippen LogP contribution < -0.4 is 10.1 Å². The first kappa shape index (κ1) is 13.6. The zero-order valence-corrected chi connectivity index (χ0v) is 11.3. The second-order valence-electron chi connectivity index (χ2n) is 5.11. The van der Waals surface area contributed by atoms with Crippen molar-refractivity contribution in [2.45, 2.75) is 34.6 Å². The number of benzene rings is 1. The Balaban J connectivity index is 2.83. The van der Waals surface area contributed by atoms with Crippen molar-refractivity contribution in [1.82, 2.24) is 0 Å². The van der Waals surface area contributed by atoms with Gasteiger partial charge in [0.05, 0.1) is 6.61 Å². The quantitative estimate of drug-likeness (QED) is 0.872. The van der Waals surface area contributed by atoms with Crippen molar-refractivity contribution in [1.29, 1.82) is 0 Å². The zero-order valence-electron chi connectivity index (χ0n) is 11.3. The SMILES string of the molecule is CCOc1ccc(NC(=O)C(C)(C)C)c(C)c1. The molecule has 0 radical (unpaired) electrons. The van der Waals surface area contributed by atoms with Gasteiger partial charge in [-0.15, -0.1) is 0 Å². The molecule has 0 saturated heterocycles. The molecule has 0 aliphatic carbocycles. The van der Waals surface area contributed by atoms with E-state index in [1.807, 2.05) is 52.8 Å². The molecule has 1 aromatic rings. The van der Waals surface area contributed by atoms with Crippen LogP contribution in [0.1, 0.15) is 33.3 Å². The van der Waals surface area contributed by atoms with Gasteiger partial charge in [0.1, 0.15) is 5.75 Å². The molecule has 0 aliphatic rings. The summed E-state index contributed by atoms with van der Waals surface area (Å²) in [5.41, 5.74) is 1.47. The normalized spacial score (nSPS) is 11.1. The third-order valence-electron chi connectivity index (χ3n) is 2.44. The highest BCUT2D eigenvalue weighted by Gasteiger charge is 2.21. The van der Waals surface area contributed by atoms with Crippen LogP contribution in [-0.2, 0) is 4.79 Å². The molecule has 0 spiro atoms. The predicted octanol–water partition coefficient (Wildman–Crippen LogP) is 3.38. The van der Waals surface area contributed by atoms with Crippen LogP contribution in [0.25, 0.3) is 0 Å². The van der Waals surface area contributed by atoms with Gasteiger partial charge in [-0.1, -0.05) is 20.8 Å². The summed E-state index contributed by atoms with van der Waals surface area (Å²) in [6, 6.07) is 5.68. The lowest BCUT2D eigenvalue weighted by atomic mass is 9.95. The molecule has 0 bridgehead atoms. The van der Waals surface area contributed by atoms with Gasteiger partial charge in [-0.25, -0.2) is 0 Å². The van der Waals surface area contributed by atoms with Crippen molar-refractivity contribution in [3.63, 3.8) is 0 Å². The molecular weight excluding hydrogens is 214 g/mol. The first-order valence-electron chi connectivity index (χ1n) is 5.89. The Bertz CT molecular complexity index is 405. The van der Waals surface area contributed by atoms with Gasteiger partial charge in [-0.05, 0) is 37.6 Å². The summed E-state index contributed by atoms with van der Waals surface area (Å²) in [5, 5.41) is 2.92. The van der Waals surface area contributed by atoms with E-state index in [0.717, 1.165) is 17.0 Å². The fourth-order valence-corrected chi connectivity index (χ4v) is 1.34. The Morgan fingerprint density at radius 2 is 2.00 bits per heavy atom. The summed E-state index contributed by atoms with van der Waals surface area (Å²) >= 11 is 0. The van der Waals surface area contributed by atoms with E-state index in [2.05, 4.69) is 5.32 Å². The molecule has 1 N–H and O–H groups in total. The number of anilines is 1. The van der Waals surface area contributed by atoms with E-state index in [-0.39, 0.29) is 11.3 Å². The average molecular weight is 235 g/mol. The fraction of sp³-hybridized carbons (Fsp3) is 0.500. The molecule has 3 heteroatoms. The molecular formula is C14H21NO2. The predicted molar refractivity (Wildman–Crippen MR) is 70.4 cm³/mol. The Hall–Kier alpha value is -1.51. The summed E-state index contributed by atoms with van der Waals surface area (Å²) in [6.07, 6.45) is 0. The van der Waals surface area contributed by atoms with Crippen LogP contribution in [0.4, 0.5) is 5.69 Å². The molecule has 1 amide bonds. The number of aryl methyl sites for hydroxylation is 1. The van der Waals surface area contributed by atoms with Crippen LogP contribution in [-0.4, -0.2) is 12.5 Å². The number of nitrogens with one attached hydrogen (secondary N) is 1. The molecule has 17 heavy (non-hydrogen) atoms. The van der Waals surface area contributed by atoms with E-state index in [9.17, 15) is 4.79 Å². The van der Waals surface area contributed by atoms with E-state index in [0.29, 0.717) is 6.61 Å². The third-order valence-corrected chi connectivity index (χ3v) is 2.44. The number of amides is 1. The molecule has 0 heterocycles. The van der Waals surface area contributed by atoms with Gasteiger partial charge in [0, 0.05) is 11.1 Å². The summed E-state index contributed by atoms with van der Waals surface area (Å²) in [7, 11) is 0. The van der Waals surface area contributed by atoms with E-state index >= 15 is 0 Å². The maximum Gasteiger partial charge on any atom is 0.229 e. The molecule has 0 fully saturated rings.